The zero-order chi connectivity index (χ0) is 8.69. The number of carbonyl (C=O) groups excluding carboxylic acids is 1. The highest BCUT2D eigenvalue weighted by Crippen LogP contribution is 1.76. The van der Waals surface area contributed by atoms with E-state index in [-0.39, 0.29) is 12.1 Å². The first-order valence-corrected chi connectivity index (χ1v) is 3.80. The topological polar surface area (TPSA) is 41.1 Å². The lowest BCUT2D eigenvalue weighted by Crippen LogP contribution is -2.40. The van der Waals surface area contributed by atoms with Gasteiger partial charge < -0.3 is 10.6 Å². The Morgan fingerprint density at radius 1 is 1.82 bits per heavy atom. The molecule has 0 fully saturated rings. The number of hydrogen-bond acceptors (Lipinski definition) is 1. The van der Waals surface area contributed by atoms with Crippen molar-refractivity contribution < 1.29 is 4.79 Å². The Kier molecular flexibility index (Phi) is 5.40. The molecule has 3 nitrogen and oxygen atoms in total. The molecule has 0 aromatic carbocycles. The molecule has 1 atom stereocenters. The first kappa shape index (κ1) is 10.1. The van der Waals surface area contributed by atoms with E-state index in [0.717, 1.165) is 0 Å². The van der Waals surface area contributed by atoms with Gasteiger partial charge in [-0.3, -0.25) is 0 Å². The van der Waals surface area contributed by atoms with Crippen LogP contribution in [-0.2, 0) is 0 Å². The Balaban J connectivity index is 3.46. The van der Waals surface area contributed by atoms with Crippen LogP contribution in [0.1, 0.15) is 6.92 Å². The van der Waals surface area contributed by atoms with E-state index in [1.165, 1.54) is 0 Å². The summed E-state index contributed by atoms with van der Waals surface area (Å²) < 4.78 is 0. The van der Waals surface area contributed by atoms with Gasteiger partial charge in [0, 0.05) is 12.4 Å². The maximum atomic E-state index is 10.8. The second kappa shape index (κ2) is 5.87. The molecule has 0 aliphatic rings. The monoisotopic (exact) mass is 174 g/mol. The lowest BCUT2D eigenvalue weighted by atomic mass is 10.4. The zero-order valence-corrected chi connectivity index (χ0v) is 7.11. The van der Waals surface area contributed by atoms with E-state index in [4.69, 9.17) is 18.0 Å². The molecular formula is C7H11ClN2O. The van der Waals surface area contributed by atoms with Gasteiger partial charge in [0.15, 0.2) is 0 Å². The highest BCUT2D eigenvalue weighted by Gasteiger charge is 2.01. The molecule has 0 aromatic heterocycles. The Morgan fingerprint density at radius 2 is 2.45 bits per heavy atom. The molecule has 0 saturated carbocycles. The average Bonchev–Trinajstić information content (AvgIpc) is 2.00. The largest absolute Gasteiger partial charge is 0.337 e. The maximum Gasteiger partial charge on any atom is 0.315 e. The molecule has 2 N–H and O–H groups in total. The molecule has 1 unspecified atom stereocenters. The predicted molar refractivity (Wildman–Crippen MR) is 45.5 cm³/mol. The van der Waals surface area contributed by atoms with E-state index < -0.39 is 0 Å². The molecule has 11 heavy (non-hydrogen) atoms. The number of terminal acetylenes is 1. The van der Waals surface area contributed by atoms with Gasteiger partial charge in [0.05, 0.1) is 6.04 Å². The highest BCUT2D eigenvalue weighted by molar-refractivity contribution is 6.18. The Morgan fingerprint density at radius 3 is 2.91 bits per heavy atom. The number of hydrogen-bond donors (Lipinski definition) is 2. The van der Waals surface area contributed by atoms with Crippen molar-refractivity contribution in [2.75, 3.05) is 12.4 Å². The third kappa shape index (κ3) is 5.56. The van der Waals surface area contributed by atoms with Gasteiger partial charge >= 0.3 is 6.03 Å². The molecule has 0 spiro atoms. The van der Waals surface area contributed by atoms with E-state index in [1.54, 1.807) is 6.92 Å². The van der Waals surface area contributed by atoms with Crippen LogP contribution < -0.4 is 10.6 Å². The highest BCUT2D eigenvalue weighted by atomic mass is 35.5. The molecule has 0 radical (unpaired) electrons. The van der Waals surface area contributed by atoms with Crippen LogP contribution in [0.4, 0.5) is 4.79 Å². The van der Waals surface area contributed by atoms with Crippen LogP contribution in [0.5, 0.6) is 0 Å². The first-order chi connectivity index (χ1) is 5.20. The standard InChI is InChI=1S/C7H11ClN2O/c1-3-6(2)10-7(11)9-5-4-8/h1,6H,4-5H2,2H3,(H2,9,10,11). The van der Waals surface area contributed by atoms with Crippen molar-refractivity contribution in [3.8, 4) is 12.3 Å². The molecule has 0 rings (SSSR count). The van der Waals surface area contributed by atoms with Gasteiger partial charge in [-0.25, -0.2) is 4.79 Å². The summed E-state index contributed by atoms with van der Waals surface area (Å²) in [5.74, 6) is 2.77. The first-order valence-electron chi connectivity index (χ1n) is 3.27. The summed E-state index contributed by atoms with van der Waals surface area (Å²) in [7, 11) is 0. The third-order valence-corrected chi connectivity index (χ3v) is 1.17. The molecule has 0 aromatic rings. The van der Waals surface area contributed by atoms with Crippen molar-refractivity contribution in [2.24, 2.45) is 0 Å². The minimum atomic E-state index is -0.281. The summed E-state index contributed by atoms with van der Waals surface area (Å²) in [4.78, 5) is 10.8. The number of urea groups is 1. The molecule has 2 amide bonds. The molecule has 0 saturated heterocycles. The van der Waals surface area contributed by atoms with Crippen LogP contribution in [0, 0.1) is 12.3 Å². The van der Waals surface area contributed by atoms with Crippen LogP contribution in [-0.4, -0.2) is 24.5 Å². The van der Waals surface area contributed by atoms with E-state index in [2.05, 4.69) is 16.6 Å². The van der Waals surface area contributed by atoms with Crippen molar-refractivity contribution in [3.05, 3.63) is 0 Å². The van der Waals surface area contributed by atoms with Gasteiger partial charge in [-0.1, -0.05) is 5.92 Å². The molecule has 4 heteroatoms. The van der Waals surface area contributed by atoms with E-state index >= 15 is 0 Å². The van der Waals surface area contributed by atoms with Gasteiger partial charge in [-0.2, -0.15) is 0 Å². The Labute approximate surface area is 71.5 Å². The number of nitrogens with one attached hydrogen (secondary N) is 2. The number of amides is 2. The molecule has 0 aliphatic heterocycles. The summed E-state index contributed by atoms with van der Waals surface area (Å²) in [6.45, 7) is 2.17. The van der Waals surface area contributed by atoms with Gasteiger partial charge in [0.2, 0.25) is 0 Å². The second-order valence-corrected chi connectivity index (χ2v) is 2.36. The van der Waals surface area contributed by atoms with Crippen LogP contribution in [0.2, 0.25) is 0 Å². The van der Waals surface area contributed by atoms with Crippen molar-refractivity contribution in [3.63, 3.8) is 0 Å². The van der Waals surface area contributed by atoms with Crippen LogP contribution in [0.3, 0.4) is 0 Å². The maximum absolute atomic E-state index is 10.8. The summed E-state index contributed by atoms with van der Waals surface area (Å²) in [5, 5.41) is 5.04. The van der Waals surface area contributed by atoms with E-state index in [9.17, 15) is 4.79 Å². The Bertz CT molecular complexity index is 164. The number of rotatable bonds is 3. The molecule has 0 bridgehead atoms. The minimum absolute atomic E-state index is 0.245. The minimum Gasteiger partial charge on any atom is -0.337 e. The normalized spacial score (nSPS) is 11.4. The van der Waals surface area contributed by atoms with E-state index in [0.29, 0.717) is 12.4 Å². The van der Waals surface area contributed by atoms with Crippen molar-refractivity contribution in [1.29, 1.82) is 0 Å². The SMILES string of the molecule is C#CC(C)NC(=O)NCCCl. The van der Waals surface area contributed by atoms with Crippen LogP contribution >= 0.6 is 11.6 Å². The Hall–Kier alpha value is -0.880. The molecule has 0 heterocycles. The molecule has 62 valence electrons. The summed E-state index contributed by atoms with van der Waals surface area (Å²) in [6.07, 6.45) is 5.03. The fraction of sp³-hybridized carbons (Fsp3) is 0.571. The zero-order valence-electron chi connectivity index (χ0n) is 6.36. The lowest BCUT2D eigenvalue weighted by molar-refractivity contribution is 0.240. The molecule has 0 aliphatic carbocycles. The smallest absolute Gasteiger partial charge is 0.315 e. The molecular weight excluding hydrogens is 164 g/mol. The lowest BCUT2D eigenvalue weighted by Gasteiger charge is -2.07. The van der Waals surface area contributed by atoms with Gasteiger partial charge in [-0.05, 0) is 6.92 Å². The van der Waals surface area contributed by atoms with Gasteiger partial charge in [-0.15, -0.1) is 18.0 Å². The summed E-state index contributed by atoms with van der Waals surface area (Å²) in [6, 6.07) is -0.526. The number of carbonyl (C=O) groups is 1. The fourth-order valence-electron chi connectivity index (χ4n) is 0.450. The number of halogens is 1. The fourth-order valence-corrected chi connectivity index (χ4v) is 0.545. The summed E-state index contributed by atoms with van der Waals surface area (Å²) in [5.41, 5.74) is 0. The van der Waals surface area contributed by atoms with Crippen molar-refractivity contribution >= 4 is 17.6 Å². The van der Waals surface area contributed by atoms with Gasteiger partial charge in [0.1, 0.15) is 0 Å². The second-order valence-electron chi connectivity index (χ2n) is 1.98. The van der Waals surface area contributed by atoms with E-state index in [1.807, 2.05) is 0 Å². The predicted octanol–water partition coefficient (Wildman–Crippen LogP) is 0.546. The number of alkyl halides is 1. The average molecular weight is 175 g/mol. The quantitative estimate of drug-likeness (QED) is 0.476. The van der Waals surface area contributed by atoms with Crippen molar-refractivity contribution in [2.45, 2.75) is 13.0 Å². The van der Waals surface area contributed by atoms with Crippen molar-refractivity contribution in [1.82, 2.24) is 10.6 Å². The summed E-state index contributed by atoms with van der Waals surface area (Å²) >= 11 is 5.33. The van der Waals surface area contributed by atoms with Crippen LogP contribution in [0.15, 0.2) is 0 Å². The third-order valence-electron chi connectivity index (χ3n) is 0.978. The van der Waals surface area contributed by atoms with Gasteiger partial charge in [0.25, 0.3) is 0 Å². The van der Waals surface area contributed by atoms with Crippen LogP contribution in [0.25, 0.3) is 0 Å².